The Hall–Kier alpha value is -1.43. The number of halogens is 3. The van der Waals surface area contributed by atoms with Crippen LogP contribution in [0.5, 0.6) is 0 Å². The molecule has 1 unspecified atom stereocenters. The van der Waals surface area contributed by atoms with Gasteiger partial charge in [-0.25, -0.2) is 4.39 Å². The normalized spacial score (nSPS) is 11.3. The molecule has 7 heteroatoms. The molecule has 0 spiro atoms. The van der Waals surface area contributed by atoms with E-state index in [0.29, 0.717) is 23.3 Å². The first-order valence-corrected chi connectivity index (χ1v) is 6.58. The summed E-state index contributed by atoms with van der Waals surface area (Å²) < 4.78 is 13.1. The van der Waals surface area contributed by atoms with Crippen LogP contribution < -0.4 is 11.1 Å². The van der Waals surface area contributed by atoms with Crippen molar-refractivity contribution in [2.24, 2.45) is 5.73 Å². The lowest BCUT2D eigenvalue weighted by Gasteiger charge is -2.10. The zero-order chi connectivity index (χ0) is 14.7. The highest BCUT2D eigenvalue weighted by atomic mass is 35.5. The lowest BCUT2D eigenvalue weighted by Crippen LogP contribution is -2.29. The van der Waals surface area contributed by atoms with Crippen LogP contribution in [0, 0.1) is 12.7 Å². The van der Waals surface area contributed by atoms with Crippen LogP contribution >= 0.6 is 24.8 Å². The van der Waals surface area contributed by atoms with E-state index in [4.69, 9.17) is 5.73 Å². The van der Waals surface area contributed by atoms with Crippen molar-refractivity contribution < 1.29 is 9.18 Å². The van der Waals surface area contributed by atoms with Gasteiger partial charge < -0.3 is 11.1 Å². The van der Waals surface area contributed by atoms with Gasteiger partial charge in [0.05, 0.1) is 16.8 Å². The summed E-state index contributed by atoms with van der Waals surface area (Å²) in [5.74, 6) is -0.514. The lowest BCUT2D eigenvalue weighted by atomic mass is 10.1. The quantitative estimate of drug-likeness (QED) is 0.893. The summed E-state index contributed by atoms with van der Waals surface area (Å²) in [6, 6.07) is 6.12. The van der Waals surface area contributed by atoms with E-state index < -0.39 is 0 Å². The maximum Gasteiger partial charge on any atom is 0.253 e. The summed E-state index contributed by atoms with van der Waals surface area (Å²) in [5, 5.41) is 3.56. The molecule has 0 bridgehead atoms. The summed E-state index contributed by atoms with van der Waals surface area (Å²) in [5.41, 5.74) is 7.28. The Morgan fingerprint density at radius 3 is 2.68 bits per heavy atom. The second-order valence-corrected chi connectivity index (χ2v) is 4.98. The third-order valence-electron chi connectivity index (χ3n) is 3.10. The van der Waals surface area contributed by atoms with Gasteiger partial charge in [-0.15, -0.1) is 24.8 Å². The van der Waals surface area contributed by atoms with Crippen molar-refractivity contribution in [1.82, 2.24) is 10.3 Å². The monoisotopic (exact) mass is 347 g/mol. The first-order chi connectivity index (χ1) is 9.47. The van der Waals surface area contributed by atoms with Gasteiger partial charge in [0.15, 0.2) is 0 Å². The number of rotatable bonds is 4. The van der Waals surface area contributed by atoms with Crippen LogP contribution in [0.25, 0.3) is 10.9 Å². The second-order valence-electron chi connectivity index (χ2n) is 4.98. The molecule has 122 valence electrons. The van der Waals surface area contributed by atoms with E-state index in [-0.39, 0.29) is 42.6 Å². The average molecular weight is 348 g/mol. The number of fused-ring (bicyclic) bond motifs is 1. The van der Waals surface area contributed by atoms with E-state index >= 15 is 0 Å². The number of carbonyl (C=O) groups excluding carboxylic acids is 1. The Morgan fingerprint density at radius 2 is 2.05 bits per heavy atom. The van der Waals surface area contributed by atoms with Crippen molar-refractivity contribution in [2.75, 3.05) is 6.54 Å². The molecule has 1 heterocycles. The van der Waals surface area contributed by atoms with E-state index in [9.17, 15) is 9.18 Å². The number of amides is 1. The van der Waals surface area contributed by atoms with Crippen molar-refractivity contribution in [3.63, 3.8) is 0 Å². The number of hydrogen-bond acceptors (Lipinski definition) is 3. The smallest absolute Gasteiger partial charge is 0.253 e. The van der Waals surface area contributed by atoms with E-state index in [1.165, 1.54) is 12.1 Å². The number of aromatic nitrogens is 1. The number of carbonyl (C=O) groups is 1. The number of pyridine rings is 1. The predicted molar refractivity (Wildman–Crippen MR) is 91.5 cm³/mol. The van der Waals surface area contributed by atoms with Crippen molar-refractivity contribution in [3.8, 4) is 0 Å². The van der Waals surface area contributed by atoms with Gasteiger partial charge in [0.25, 0.3) is 5.91 Å². The molecule has 0 aliphatic carbocycles. The zero-order valence-corrected chi connectivity index (χ0v) is 14.1. The fourth-order valence-corrected chi connectivity index (χ4v) is 1.97. The van der Waals surface area contributed by atoms with Crippen molar-refractivity contribution >= 4 is 41.6 Å². The first kappa shape index (κ1) is 20.6. The number of nitrogens with one attached hydrogen (secondary N) is 1. The van der Waals surface area contributed by atoms with E-state index in [1.54, 1.807) is 19.1 Å². The van der Waals surface area contributed by atoms with E-state index in [0.717, 1.165) is 11.8 Å². The topological polar surface area (TPSA) is 68.0 Å². The molecule has 4 nitrogen and oxygen atoms in total. The third-order valence-corrected chi connectivity index (χ3v) is 3.10. The molecule has 3 N–H and O–H groups in total. The molecule has 22 heavy (non-hydrogen) atoms. The highest BCUT2D eigenvalue weighted by Crippen LogP contribution is 2.17. The highest BCUT2D eigenvalue weighted by Gasteiger charge is 2.11. The minimum Gasteiger partial charge on any atom is -0.352 e. The zero-order valence-electron chi connectivity index (χ0n) is 12.4. The Labute approximate surface area is 141 Å². The number of benzene rings is 1. The molecule has 0 radical (unpaired) electrons. The van der Waals surface area contributed by atoms with Crippen LogP contribution in [-0.4, -0.2) is 23.5 Å². The molecule has 0 fully saturated rings. The highest BCUT2D eigenvalue weighted by molar-refractivity contribution is 5.98. The molecule has 1 aromatic carbocycles. The molecule has 1 amide bonds. The van der Waals surface area contributed by atoms with Gasteiger partial charge in [0.2, 0.25) is 0 Å². The minimum absolute atomic E-state index is 0. The Kier molecular flexibility index (Phi) is 8.30. The summed E-state index contributed by atoms with van der Waals surface area (Å²) >= 11 is 0. The molecular weight excluding hydrogens is 328 g/mol. The third kappa shape index (κ3) is 5.09. The number of hydrogen-bond donors (Lipinski definition) is 2. The standard InChI is InChI=1S/C15H18FN3O.2ClH/c1-9(17)5-6-18-15(20)13-7-11-3-4-12(16)8-14(11)19-10(13)2;;/h3-4,7-9H,5-6,17H2,1-2H3,(H,18,20);2*1H. The molecule has 1 atom stereocenters. The van der Waals surface area contributed by atoms with Gasteiger partial charge >= 0.3 is 0 Å². The van der Waals surface area contributed by atoms with Crippen LogP contribution in [0.2, 0.25) is 0 Å². The number of nitrogens with zero attached hydrogens (tertiary/aromatic N) is 1. The van der Waals surface area contributed by atoms with Crippen LogP contribution in [0.15, 0.2) is 24.3 Å². The molecule has 2 rings (SSSR count). The SMILES string of the molecule is Cc1nc2cc(F)ccc2cc1C(=O)NCCC(C)N.Cl.Cl. The summed E-state index contributed by atoms with van der Waals surface area (Å²) in [6.45, 7) is 4.16. The van der Waals surface area contributed by atoms with Crippen molar-refractivity contribution in [2.45, 2.75) is 26.3 Å². The Morgan fingerprint density at radius 1 is 1.36 bits per heavy atom. The summed E-state index contributed by atoms with van der Waals surface area (Å²) in [6.07, 6.45) is 0.719. The number of aryl methyl sites for hydroxylation is 1. The molecule has 2 aromatic rings. The Bertz CT molecular complexity index is 650. The van der Waals surface area contributed by atoms with Crippen LogP contribution in [0.4, 0.5) is 4.39 Å². The van der Waals surface area contributed by atoms with Crippen LogP contribution in [-0.2, 0) is 0 Å². The molecule has 0 saturated carbocycles. The molecule has 1 aromatic heterocycles. The van der Waals surface area contributed by atoms with Crippen LogP contribution in [0.3, 0.4) is 0 Å². The van der Waals surface area contributed by atoms with E-state index in [1.807, 2.05) is 6.92 Å². The number of nitrogens with two attached hydrogens (primary N) is 1. The summed E-state index contributed by atoms with van der Waals surface area (Å²) in [7, 11) is 0. The fourth-order valence-electron chi connectivity index (χ4n) is 1.97. The van der Waals surface area contributed by atoms with Gasteiger partial charge in [0, 0.05) is 24.0 Å². The first-order valence-electron chi connectivity index (χ1n) is 6.58. The average Bonchev–Trinajstić information content (AvgIpc) is 2.37. The van der Waals surface area contributed by atoms with Gasteiger partial charge in [-0.05, 0) is 38.5 Å². The minimum atomic E-state index is -0.335. The fraction of sp³-hybridized carbons (Fsp3) is 0.333. The molecular formula is C15H20Cl2FN3O. The van der Waals surface area contributed by atoms with Gasteiger partial charge in [0.1, 0.15) is 5.82 Å². The Balaban J connectivity index is 0.00000220. The van der Waals surface area contributed by atoms with Gasteiger partial charge in [-0.3, -0.25) is 9.78 Å². The predicted octanol–water partition coefficient (Wildman–Crippen LogP) is 2.99. The molecule has 0 aliphatic heterocycles. The van der Waals surface area contributed by atoms with Gasteiger partial charge in [-0.2, -0.15) is 0 Å². The molecule has 0 saturated heterocycles. The lowest BCUT2D eigenvalue weighted by molar-refractivity contribution is 0.0952. The maximum atomic E-state index is 13.1. The molecule has 0 aliphatic rings. The largest absolute Gasteiger partial charge is 0.352 e. The van der Waals surface area contributed by atoms with Gasteiger partial charge in [-0.1, -0.05) is 0 Å². The maximum absolute atomic E-state index is 13.1. The summed E-state index contributed by atoms with van der Waals surface area (Å²) in [4.78, 5) is 16.4. The van der Waals surface area contributed by atoms with Crippen LogP contribution in [0.1, 0.15) is 29.4 Å². The van der Waals surface area contributed by atoms with Crippen molar-refractivity contribution in [1.29, 1.82) is 0 Å². The van der Waals surface area contributed by atoms with Crippen molar-refractivity contribution in [3.05, 3.63) is 41.3 Å². The second kappa shape index (κ2) is 8.88. The van der Waals surface area contributed by atoms with E-state index in [2.05, 4.69) is 10.3 Å².